The number of allylic oxidation sites excluding steroid dienone is 1. The van der Waals surface area contributed by atoms with Crippen LogP contribution >= 0.6 is 0 Å². The Hall–Kier alpha value is -3.38. The molecule has 2 heterocycles. The van der Waals surface area contributed by atoms with Gasteiger partial charge < -0.3 is 4.98 Å². The summed E-state index contributed by atoms with van der Waals surface area (Å²) in [5, 5.41) is 10.8. The normalized spacial score (nSPS) is 18.8. The van der Waals surface area contributed by atoms with Gasteiger partial charge in [0, 0.05) is 24.7 Å². The van der Waals surface area contributed by atoms with E-state index in [9.17, 15) is 5.26 Å². The van der Waals surface area contributed by atoms with E-state index >= 15 is 0 Å². The molecule has 0 bridgehead atoms. The van der Waals surface area contributed by atoms with Gasteiger partial charge in [-0.15, -0.1) is 0 Å². The van der Waals surface area contributed by atoms with Gasteiger partial charge in [0.25, 0.3) is 0 Å². The van der Waals surface area contributed by atoms with Crippen molar-refractivity contribution in [2.75, 3.05) is 0 Å². The van der Waals surface area contributed by atoms with Crippen molar-refractivity contribution >= 4 is 5.57 Å². The van der Waals surface area contributed by atoms with E-state index in [0.29, 0.717) is 6.42 Å². The van der Waals surface area contributed by atoms with Gasteiger partial charge in [0.15, 0.2) is 0 Å². The molecule has 1 N–H and O–H groups in total. The van der Waals surface area contributed by atoms with Crippen LogP contribution in [-0.2, 0) is 18.3 Å². The van der Waals surface area contributed by atoms with Crippen LogP contribution < -0.4 is 10.7 Å². The molecule has 1 atom stereocenters. The number of aromatic amines is 1. The number of nitriles is 1. The number of rotatable bonds is 4. The lowest BCUT2D eigenvalue weighted by Crippen LogP contribution is -2.27. The Bertz CT molecular complexity index is 1270. The van der Waals surface area contributed by atoms with E-state index in [4.69, 9.17) is 4.99 Å². The van der Waals surface area contributed by atoms with Crippen molar-refractivity contribution in [1.82, 2.24) is 4.98 Å². The van der Waals surface area contributed by atoms with Crippen molar-refractivity contribution in [2.24, 2.45) is 4.99 Å². The first-order valence-corrected chi connectivity index (χ1v) is 10.7. The predicted molar refractivity (Wildman–Crippen MR) is 122 cm³/mol. The summed E-state index contributed by atoms with van der Waals surface area (Å²) in [4.78, 5) is 8.16. The fourth-order valence-electron chi connectivity index (χ4n) is 4.96. The average molecular weight is 394 g/mol. The summed E-state index contributed by atoms with van der Waals surface area (Å²) < 4.78 is 0. The first-order valence-electron chi connectivity index (χ1n) is 10.7. The smallest absolute Gasteiger partial charge is 0.133 e. The third-order valence-electron chi connectivity index (χ3n) is 6.59. The van der Waals surface area contributed by atoms with Gasteiger partial charge in [-0.25, -0.2) is 0 Å². The van der Waals surface area contributed by atoms with E-state index in [2.05, 4.69) is 84.7 Å². The Balaban J connectivity index is 0.00000231. The molecule has 1 aliphatic carbocycles. The quantitative estimate of drug-likeness (QED) is 0.703. The SMILES string of the molecule is CCC1C=CC(c2cccc(C3(CC#N)Cc4ccccc4C3)c2)=c2cc[nH]c2=N1.[HH]. The number of nitrogens with one attached hydrogen (secondary N) is 1. The topological polar surface area (TPSA) is 51.9 Å². The zero-order valence-corrected chi connectivity index (χ0v) is 17.2. The van der Waals surface area contributed by atoms with Crippen LogP contribution in [-0.4, -0.2) is 11.0 Å². The lowest BCUT2D eigenvalue weighted by atomic mass is 9.74. The van der Waals surface area contributed by atoms with Crippen molar-refractivity contribution in [3.63, 3.8) is 0 Å². The fraction of sp³-hybridized carbons (Fsp3) is 0.259. The average Bonchev–Trinajstić information content (AvgIpc) is 3.34. The number of hydrogen-bond donors (Lipinski definition) is 1. The van der Waals surface area contributed by atoms with Gasteiger partial charge in [-0.2, -0.15) is 5.26 Å². The Morgan fingerprint density at radius 1 is 1.13 bits per heavy atom. The molecule has 1 aliphatic heterocycles. The van der Waals surface area contributed by atoms with Crippen molar-refractivity contribution in [2.45, 2.75) is 44.1 Å². The van der Waals surface area contributed by atoms with Crippen molar-refractivity contribution < 1.29 is 1.43 Å². The van der Waals surface area contributed by atoms with E-state index in [-0.39, 0.29) is 12.9 Å². The molecule has 3 heteroatoms. The zero-order valence-electron chi connectivity index (χ0n) is 17.2. The second-order valence-electron chi connectivity index (χ2n) is 8.44. The minimum Gasteiger partial charge on any atom is -0.346 e. The monoisotopic (exact) mass is 393 g/mol. The molecular formula is C27H27N3. The second kappa shape index (κ2) is 7.46. The van der Waals surface area contributed by atoms with E-state index < -0.39 is 0 Å². The van der Waals surface area contributed by atoms with E-state index in [1.54, 1.807) is 0 Å². The molecule has 0 saturated carbocycles. The van der Waals surface area contributed by atoms with Gasteiger partial charge in [0.05, 0.1) is 12.1 Å². The van der Waals surface area contributed by atoms with Crippen molar-refractivity contribution in [1.29, 1.82) is 5.26 Å². The van der Waals surface area contributed by atoms with Crippen LogP contribution in [0.3, 0.4) is 0 Å². The molecule has 3 nitrogen and oxygen atoms in total. The molecule has 0 radical (unpaired) electrons. The predicted octanol–water partition coefficient (Wildman–Crippen LogP) is 4.38. The Labute approximate surface area is 178 Å². The maximum atomic E-state index is 9.66. The molecular weight excluding hydrogens is 366 g/mol. The fourth-order valence-corrected chi connectivity index (χ4v) is 4.96. The number of aromatic nitrogens is 1. The van der Waals surface area contributed by atoms with Crippen molar-refractivity contribution in [3.05, 3.63) is 106 Å². The van der Waals surface area contributed by atoms with Gasteiger partial charge in [0.1, 0.15) is 5.49 Å². The van der Waals surface area contributed by atoms with Crippen LogP contribution in [0.25, 0.3) is 5.57 Å². The summed E-state index contributed by atoms with van der Waals surface area (Å²) in [6.07, 6.45) is 9.74. The minimum absolute atomic E-state index is 0. The third kappa shape index (κ3) is 3.09. The third-order valence-corrected chi connectivity index (χ3v) is 6.59. The molecule has 5 rings (SSSR count). The van der Waals surface area contributed by atoms with Crippen LogP contribution in [0.4, 0.5) is 0 Å². The van der Waals surface area contributed by atoms with Crippen LogP contribution in [0.15, 0.2) is 77.9 Å². The summed E-state index contributed by atoms with van der Waals surface area (Å²) >= 11 is 0. The van der Waals surface area contributed by atoms with Crippen LogP contribution in [0.1, 0.15) is 43.4 Å². The highest BCUT2D eigenvalue weighted by atomic mass is 14.9. The highest BCUT2D eigenvalue weighted by Gasteiger charge is 2.38. The molecule has 2 aliphatic rings. The summed E-state index contributed by atoms with van der Waals surface area (Å²) in [7, 11) is 0. The maximum absolute atomic E-state index is 9.66. The number of benzene rings is 2. The van der Waals surface area contributed by atoms with Crippen LogP contribution in [0.5, 0.6) is 0 Å². The van der Waals surface area contributed by atoms with E-state index in [1.165, 1.54) is 27.8 Å². The number of nitrogens with zero attached hydrogens (tertiary/aromatic N) is 2. The standard InChI is InChI=1S/C27H25N3.H2/c1-2-23-10-11-24(25-12-15-29-26(25)30-23)19-8-5-9-22(16-19)27(13-14-28)17-20-6-3-4-7-21(20)18-27;/h3-12,15-16,23H,2,13,17-18H2,1H3,(H,29,30);1H. The molecule has 0 amide bonds. The lowest BCUT2D eigenvalue weighted by molar-refractivity contribution is 0.462. The second-order valence-corrected chi connectivity index (χ2v) is 8.44. The number of H-pyrrole nitrogens is 1. The maximum Gasteiger partial charge on any atom is 0.133 e. The van der Waals surface area contributed by atoms with Gasteiger partial charge in [0.2, 0.25) is 0 Å². The highest BCUT2D eigenvalue weighted by molar-refractivity contribution is 5.74. The number of hydrogen-bond acceptors (Lipinski definition) is 2. The van der Waals surface area contributed by atoms with E-state index in [1.807, 2.05) is 6.20 Å². The Kier molecular flexibility index (Phi) is 4.64. The van der Waals surface area contributed by atoms with Crippen LogP contribution in [0, 0.1) is 11.3 Å². The molecule has 0 spiro atoms. The molecule has 0 saturated heterocycles. The molecule has 150 valence electrons. The Morgan fingerprint density at radius 2 is 1.93 bits per heavy atom. The van der Waals surface area contributed by atoms with Gasteiger partial charge >= 0.3 is 0 Å². The lowest BCUT2D eigenvalue weighted by Gasteiger charge is -2.27. The number of fused-ring (bicyclic) bond motifs is 2. The first-order chi connectivity index (χ1) is 14.7. The molecule has 2 aromatic carbocycles. The molecule has 0 fully saturated rings. The molecule has 30 heavy (non-hydrogen) atoms. The molecule has 1 unspecified atom stereocenters. The summed E-state index contributed by atoms with van der Waals surface area (Å²) in [5.41, 5.74) is 7.17. The van der Waals surface area contributed by atoms with Crippen LogP contribution in [0.2, 0.25) is 0 Å². The Morgan fingerprint density at radius 3 is 2.67 bits per heavy atom. The zero-order chi connectivity index (χ0) is 20.6. The van der Waals surface area contributed by atoms with Crippen molar-refractivity contribution in [3.8, 4) is 6.07 Å². The minimum atomic E-state index is -0.152. The first kappa shape index (κ1) is 18.6. The van der Waals surface area contributed by atoms with Gasteiger partial charge in [-0.05, 0) is 53.2 Å². The molecule has 3 aromatic rings. The largest absolute Gasteiger partial charge is 0.346 e. The van der Waals surface area contributed by atoms with E-state index in [0.717, 1.165) is 30.0 Å². The molecule has 1 aromatic heterocycles. The van der Waals surface area contributed by atoms with Gasteiger partial charge in [-0.3, -0.25) is 4.99 Å². The summed E-state index contributed by atoms with van der Waals surface area (Å²) in [5.74, 6) is 0. The van der Waals surface area contributed by atoms with Gasteiger partial charge in [-0.1, -0.05) is 67.6 Å². The summed E-state index contributed by atoms with van der Waals surface area (Å²) in [6, 6.07) is 22.2. The highest BCUT2D eigenvalue weighted by Crippen LogP contribution is 2.42. The summed E-state index contributed by atoms with van der Waals surface area (Å²) in [6.45, 7) is 2.16.